The highest BCUT2D eigenvalue weighted by Gasteiger charge is 2.21. The van der Waals surface area contributed by atoms with E-state index < -0.39 is 0 Å². The summed E-state index contributed by atoms with van der Waals surface area (Å²) >= 11 is 3.49. The normalized spacial score (nSPS) is 16.5. The van der Waals surface area contributed by atoms with Gasteiger partial charge in [-0.05, 0) is 54.7 Å². The Bertz CT molecular complexity index is 622. The number of fused-ring (bicyclic) bond motifs is 1. The van der Waals surface area contributed by atoms with Gasteiger partial charge in [0.15, 0.2) is 0 Å². The molecular weight excluding hydrogens is 324 g/mol. The molecule has 0 radical (unpaired) electrons. The lowest BCUT2D eigenvalue weighted by Crippen LogP contribution is -2.39. The summed E-state index contributed by atoms with van der Waals surface area (Å²) in [4.78, 5) is 2.56. The second kappa shape index (κ2) is 6.20. The molecule has 0 saturated carbocycles. The number of nitrogens with two attached hydrogens (primary N) is 1. The Balaban J connectivity index is 1.69. The van der Waals surface area contributed by atoms with Gasteiger partial charge < -0.3 is 5.73 Å². The molecule has 1 heterocycles. The first-order valence-corrected chi connectivity index (χ1v) is 8.27. The molecule has 0 aromatic heterocycles. The lowest BCUT2D eigenvalue weighted by molar-refractivity contribution is 0.190. The second-order valence-corrected chi connectivity index (χ2v) is 6.80. The summed E-state index contributed by atoms with van der Waals surface area (Å²) in [5.74, 6) is 0. The number of rotatable bonds is 3. The van der Waals surface area contributed by atoms with Gasteiger partial charge in [0, 0.05) is 29.3 Å². The second-order valence-electron chi connectivity index (χ2n) is 5.89. The van der Waals surface area contributed by atoms with E-state index >= 15 is 0 Å². The van der Waals surface area contributed by atoms with Crippen LogP contribution in [-0.2, 0) is 19.4 Å². The van der Waals surface area contributed by atoms with Crippen LogP contribution in [-0.4, -0.2) is 17.5 Å². The van der Waals surface area contributed by atoms with Crippen molar-refractivity contribution in [3.05, 3.63) is 63.6 Å². The average Bonchev–Trinajstić information content (AvgIpc) is 2.49. The largest absolute Gasteiger partial charge is 0.398 e. The third kappa shape index (κ3) is 3.30. The van der Waals surface area contributed by atoms with Crippen molar-refractivity contribution in [3.8, 4) is 0 Å². The van der Waals surface area contributed by atoms with E-state index in [1.54, 1.807) is 0 Å². The van der Waals surface area contributed by atoms with E-state index in [9.17, 15) is 0 Å². The van der Waals surface area contributed by atoms with Gasteiger partial charge in [-0.1, -0.05) is 40.2 Å². The van der Waals surface area contributed by atoms with Gasteiger partial charge in [0.2, 0.25) is 0 Å². The minimum atomic E-state index is 0.542. The predicted octanol–water partition coefficient (Wildman–Crippen LogP) is 4.02. The fourth-order valence-electron chi connectivity index (χ4n) is 3.13. The number of nitrogens with zero attached hydrogens (tertiary/aromatic N) is 1. The minimum Gasteiger partial charge on any atom is -0.398 e. The Morgan fingerprint density at radius 1 is 1.19 bits per heavy atom. The number of halogens is 1. The lowest BCUT2D eigenvalue weighted by atomic mass is 9.96. The Labute approximate surface area is 135 Å². The molecule has 0 fully saturated rings. The summed E-state index contributed by atoms with van der Waals surface area (Å²) in [5.41, 5.74) is 11.2. The molecule has 2 aromatic carbocycles. The van der Waals surface area contributed by atoms with Gasteiger partial charge in [0.05, 0.1) is 0 Å². The van der Waals surface area contributed by atoms with Crippen molar-refractivity contribution in [2.45, 2.75) is 32.4 Å². The molecule has 0 aliphatic carbocycles. The molecule has 0 spiro atoms. The summed E-state index contributed by atoms with van der Waals surface area (Å²) < 4.78 is 1.14. The maximum absolute atomic E-state index is 6.08. The highest BCUT2D eigenvalue weighted by molar-refractivity contribution is 9.10. The van der Waals surface area contributed by atoms with Gasteiger partial charge in [-0.25, -0.2) is 0 Å². The van der Waals surface area contributed by atoms with E-state index in [2.05, 4.69) is 64.2 Å². The Hall–Kier alpha value is -1.32. The molecule has 1 aliphatic rings. The van der Waals surface area contributed by atoms with Gasteiger partial charge >= 0.3 is 0 Å². The van der Waals surface area contributed by atoms with Crippen LogP contribution in [0.25, 0.3) is 0 Å². The average molecular weight is 345 g/mol. The molecule has 21 heavy (non-hydrogen) atoms. The van der Waals surface area contributed by atoms with E-state index in [1.807, 2.05) is 6.07 Å². The van der Waals surface area contributed by atoms with Crippen molar-refractivity contribution in [1.29, 1.82) is 0 Å². The smallest absolute Gasteiger partial charge is 0.0350 e. The third-order valence-corrected chi connectivity index (χ3v) is 4.93. The maximum Gasteiger partial charge on any atom is 0.0350 e. The molecular formula is C18H21BrN2. The van der Waals surface area contributed by atoms with Crippen LogP contribution in [0.3, 0.4) is 0 Å². The first-order valence-electron chi connectivity index (χ1n) is 7.48. The van der Waals surface area contributed by atoms with Crippen molar-refractivity contribution in [1.82, 2.24) is 4.90 Å². The van der Waals surface area contributed by atoms with Crippen LogP contribution in [0.1, 0.15) is 23.6 Å². The van der Waals surface area contributed by atoms with Crippen LogP contribution in [0.15, 0.2) is 46.9 Å². The Kier molecular flexibility index (Phi) is 4.32. The van der Waals surface area contributed by atoms with E-state index in [-0.39, 0.29) is 0 Å². The van der Waals surface area contributed by atoms with Crippen LogP contribution in [0.5, 0.6) is 0 Å². The zero-order valence-electron chi connectivity index (χ0n) is 12.3. The molecule has 110 valence electrons. The number of hydrogen-bond acceptors (Lipinski definition) is 2. The van der Waals surface area contributed by atoms with Crippen molar-refractivity contribution < 1.29 is 0 Å². The monoisotopic (exact) mass is 344 g/mol. The van der Waals surface area contributed by atoms with Gasteiger partial charge in [-0.2, -0.15) is 0 Å². The summed E-state index contributed by atoms with van der Waals surface area (Å²) in [6.07, 6.45) is 2.15. The summed E-state index contributed by atoms with van der Waals surface area (Å²) in [6, 6.07) is 15.5. The predicted molar refractivity (Wildman–Crippen MR) is 92.3 cm³/mol. The van der Waals surface area contributed by atoms with E-state index in [1.165, 1.54) is 16.7 Å². The Morgan fingerprint density at radius 3 is 2.71 bits per heavy atom. The van der Waals surface area contributed by atoms with E-state index in [0.29, 0.717) is 6.04 Å². The molecule has 3 heteroatoms. The van der Waals surface area contributed by atoms with Crippen molar-refractivity contribution in [3.63, 3.8) is 0 Å². The molecule has 0 bridgehead atoms. The lowest BCUT2D eigenvalue weighted by Gasteiger charge is -2.34. The molecule has 2 nitrogen and oxygen atoms in total. The minimum absolute atomic E-state index is 0.542. The maximum atomic E-state index is 6.08. The quantitative estimate of drug-likeness (QED) is 0.852. The van der Waals surface area contributed by atoms with Crippen molar-refractivity contribution in [2.75, 3.05) is 12.3 Å². The SMILES string of the molecule is CC(Cc1ccc(Br)cc1)N1CCc2c(N)cccc2C1. The van der Waals surface area contributed by atoms with Crippen LogP contribution in [0.2, 0.25) is 0 Å². The summed E-state index contributed by atoms with van der Waals surface area (Å²) in [5, 5.41) is 0. The highest BCUT2D eigenvalue weighted by Crippen LogP contribution is 2.26. The molecule has 1 aliphatic heterocycles. The van der Waals surface area contributed by atoms with Crippen LogP contribution in [0.4, 0.5) is 5.69 Å². The van der Waals surface area contributed by atoms with E-state index in [4.69, 9.17) is 5.73 Å². The first-order chi connectivity index (χ1) is 10.1. The van der Waals surface area contributed by atoms with Gasteiger partial charge in [0.1, 0.15) is 0 Å². The molecule has 1 atom stereocenters. The topological polar surface area (TPSA) is 29.3 Å². The van der Waals surface area contributed by atoms with Crippen LogP contribution >= 0.6 is 15.9 Å². The number of nitrogen functional groups attached to an aromatic ring is 1. The summed E-state index contributed by atoms with van der Waals surface area (Å²) in [7, 11) is 0. The molecule has 1 unspecified atom stereocenters. The summed E-state index contributed by atoms with van der Waals surface area (Å²) in [6.45, 7) is 4.43. The molecule has 0 amide bonds. The first kappa shape index (κ1) is 14.6. The zero-order valence-corrected chi connectivity index (χ0v) is 13.9. The molecule has 2 aromatic rings. The van der Waals surface area contributed by atoms with Crippen molar-refractivity contribution in [2.24, 2.45) is 0 Å². The Morgan fingerprint density at radius 2 is 1.95 bits per heavy atom. The van der Waals surface area contributed by atoms with Gasteiger partial charge in [0.25, 0.3) is 0 Å². The van der Waals surface area contributed by atoms with Gasteiger partial charge in [-0.3, -0.25) is 4.90 Å². The fraction of sp³-hybridized carbons (Fsp3) is 0.333. The van der Waals surface area contributed by atoms with Gasteiger partial charge in [-0.15, -0.1) is 0 Å². The zero-order chi connectivity index (χ0) is 14.8. The van der Waals surface area contributed by atoms with Crippen LogP contribution < -0.4 is 5.73 Å². The van der Waals surface area contributed by atoms with Crippen molar-refractivity contribution >= 4 is 21.6 Å². The molecule has 0 saturated heterocycles. The molecule has 2 N–H and O–H groups in total. The fourth-order valence-corrected chi connectivity index (χ4v) is 3.39. The van der Waals surface area contributed by atoms with E-state index in [0.717, 1.165) is 36.1 Å². The highest BCUT2D eigenvalue weighted by atomic mass is 79.9. The standard InChI is InChI=1S/C18H21BrN2/c1-13(11-14-5-7-16(19)8-6-14)21-10-9-17-15(12-21)3-2-4-18(17)20/h2-8,13H,9-12,20H2,1H3. The molecule has 3 rings (SSSR count). The third-order valence-electron chi connectivity index (χ3n) is 4.40. The van der Waals surface area contributed by atoms with Crippen LogP contribution in [0, 0.1) is 0 Å². The number of anilines is 1. The number of benzene rings is 2. The number of hydrogen-bond donors (Lipinski definition) is 1.